The van der Waals surface area contributed by atoms with Crippen LogP contribution >= 0.6 is 0 Å². The molecule has 0 aliphatic carbocycles. The first-order valence-electron chi connectivity index (χ1n) is 7.62. The number of amides is 1. The topological polar surface area (TPSA) is 44.4 Å². The number of likely N-dealkylation sites (tertiary alicyclic amines) is 1. The maximum atomic E-state index is 12.1. The molecule has 0 unspecified atom stereocenters. The monoisotopic (exact) mass is 273 g/mol. The van der Waals surface area contributed by atoms with Gasteiger partial charge in [-0.2, -0.15) is 0 Å². The SMILES string of the molecule is O=C(CN1CC[C@@H]2NCCC[C@@H]2C1)Nc1ccccc1. The second kappa shape index (κ2) is 6.37. The van der Waals surface area contributed by atoms with Gasteiger partial charge in [-0.15, -0.1) is 0 Å². The molecule has 3 rings (SSSR count). The van der Waals surface area contributed by atoms with Crippen LogP contribution in [0.5, 0.6) is 0 Å². The van der Waals surface area contributed by atoms with E-state index < -0.39 is 0 Å². The van der Waals surface area contributed by atoms with Gasteiger partial charge < -0.3 is 10.6 Å². The van der Waals surface area contributed by atoms with Gasteiger partial charge in [0.1, 0.15) is 0 Å². The highest BCUT2D eigenvalue weighted by Gasteiger charge is 2.31. The lowest BCUT2D eigenvalue weighted by Crippen LogP contribution is -2.53. The second-order valence-corrected chi connectivity index (χ2v) is 5.90. The Balaban J connectivity index is 1.49. The lowest BCUT2D eigenvalue weighted by atomic mass is 9.85. The number of carbonyl (C=O) groups excluding carboxylic acids is 1. The van der Waals surface area contributed by atoms with Crippen molar-refractivity contribution in [2.24, 2.45) is 5.92 Å². The zero-order valence-electron chi connectivity index (χ0n) is 11.8. The van der Waals surface area contributed by atoms with Crippen LogP contribution in [0.15, 0.2) is 30.3 Å². The molecule has 108 valence electrons. The van der Waals surface area contributed by atoms with Crippen molar-refractivity contribution in [2.45, 2.75) is 25.3 Å². The zero-order valence-corrected chi connectivity index (χ0v) is 11.8. The van der Waals surface area contributed by atoms with Crippen LogP contribution in [0.2, 0.25) is 0 Å². The summed E-state index contributed by atoms with van der Waals surface area (Å²) in [7, 11) is 0. The zero-order chi connectivity index (χ0) is 13.8. The summed E-state index contributed by atoms with van der Waals surface area (Å²) in [6.07, 6.45) is 3.74. The van der Waals surface area contributed by atoms with E-state index in [0.717, 1.165) is 31.2 Å². The molecule has 2 N–H and O–H groups in total. The van der Waals surface area contributed by atoms with E-state index in [9.17, 15) is 4.79 Å². The smallest absolute Gasteiger partial charge is 0.238 e. The molecular weight excluding hydrogens is 250 g/mol. The van der Waals surface area contributed by atoms with E-state index in [0.29, 0.717) is 12.6 Å². The highest BCUT2D eigenvalue weighted by Crippen LogP contribution is 2.24. The average Bonchev–Trinajstić information content (AvgIpc) is 2.48. The summed E-state index contributed by atoms with van der Waals surface area (Å²) in [6, 6.07) is 10.4. The number of anilines is 1. The van der Waals surface area contributed by atoms with Gasteiger partial charge in [0.15, 0.2) is 0 Å². The second-order valence-electron chi connectivity index (χ2n) is 5.90. The van der Waals surface area contributed by atoms with E-state index >= 15 is 0 Å². The average molecular weight is 273 g/mol. The van der Waals surface area contributed by atoms with Crippen molar-refractivity contribution in [3.63, 3.8) is 0 Å². The van der Waals surface area contributed by atoms with Crippen LogP contribution in [0.3, 0.4) is 0 Å². The number of carbonyl (C=O) groups is 1. The van der Waals surface area contributed by atoms with Crippen LogP contribution in [0.1, 0.15) is 19.3 Å². The summed E-state index contributed by atoms with van der Waals surface area (Å²) in [5.41, 5.74) is 0.881. The molecule has 4 nitrogen and oxygen atoms in total. The first-order chi connectivity index (χ1) is 9.81. The third-order valence-corrected chi connectivity index (χ3v) is 4.40. The van der Waals surface area contributed by atoms with Crippen molar-refractivity contribution in [1.82, 2.24) is 10.2 Å². The predicted molar refractivity (Wildman–Crippen MR) is 80.6 cm³/mol. The number of para-hydroxylation sites is 1. The molecule has 0 saturated carbocycles. The first kappa shape index (κ1) is 13.6. The van der Waals surface area contributed by atoms with Crippen molar-refractivity contribution >= 4 is 11.6 Å². The lowest BCUT2D eigenvalue weighted by molar-refractivity contribution is -0.117. The number of nitrogens with zero attached hydrogens (tertiary/aromatic N) is 1. The van der Waals surface area contributed by atoms with Crippen LogP contribution < -0.4 is 10.6 Å². The van der Waals surface area contributed by atoms with Crippen LogP contribution in [0.4, 0.5) is 5.69 Å². The minimum atomic E-state index is 0.0958. The Morgan fingerprint density at radius 3 is 3.00 bits per heavy atom. The van der Waals surface area contributed by atoms with Crippen LogP contribution in [0, 0.1) is 5.92 Å². The highest BCUT2D eigenvalue weighted by molar-refractivity contribution is 5.92. The minimum absolute atomic E-state index is 0.0958. The predicted octanol–water partition coefficient (Wildman–Crippen LogP) is 1.70. The third kappa shape index (κ3) is 3.38. The largest absolute Gasteiger partial charge is 0.325 e. The number of hydrogen-bond acceptors (Lipinski definition) is 3. The molecule has 2 aliphatic rings. The summed E-state index contributed by atoms with van der Waals surface area (Å²) in [5.74, 6) is 0.820. The number of benzene rings is 1. The summed E-state index contributed by atoms with van der Waals surface area (Å²) in [5, 5.41) is 6.57. The third-order valence-electron chi connectivity index (χ3n) is 4.40. The molecule has 2 atom stereocenters. The highest BCUT2D eigenvalue weighted by atomic mass is 16.2. The molecule has 2 saturated heterocycles. The van der Waals surface area contributed by atoms with Crippen molar-refractivity contribution in [3.05, 3.63) is 30.3 Å². The Morgan fingerprint density at radius 2 is 2.15 bits per heavy atom. The molecule has 0 aromatic heterocycles. The van der Waals surface area contributed by atoms with Crippen LogP contribution in [-0.2, 0) is 4.79 Å². The van der Waals surface area contributed by atoms with Gasteiger partial charge in [-0.25, -0.2) is 0 Å². The van der Waals surface area contributed by atoms with E-state index in [1.807, 2.05) is 30.3 Å². The molecule has 0 spiro atoms. The molecule has 1 aromatic rings. The quantitative estimate of drug-likeness (QED) is 0.881. The Morgan fingerprint density at radius 1 is 1.30 bits per heavy atom. The van der Waals surface area contributed by atoms with Crippen LogP contribution in [-0.4, -0.2) is 43.0 Å². The summed E-state index contributed by atoms with van der Waals surface area (Å²) < 4.78 is 0. The van der Waals surface area contributed by atoms with E-state index in [4.69, 9.17) is 0 Å². The Bertz CT molecular complexity index is 448. The van der Waals surface area contributed by atoms with Gasteiger partial charge in [0.05, 0.1) is 6.54 Å². The molecule has 4 heteroatoms. The Labute approximate surface area is 120 Å². The van der Waals surface area contributed by atoms with E-state index in [1.165, 1.54) is 19.3 Å². The summed E-state index contributed by atoms with van der Waals surface area (Å²) in [4.78, 5) is 14.4. The minimum Gasteiger partial charge on any atom is -0.325 e. The normalized spacial score (nSPS) is 26.8. The molecule has 2 aliphatic heterocycles. The van der Waals surface area contributed by atoms with Gasteiger partial charge in [0.25, 0.3) is 0 Å². The number of nitrogens with one attached hydrogen (secondary N) is 2. The molecule has 1 aromatic carbocycles. The lowest BCUT2D eigenvalue weighted by Gasteiger charge is -2.41. The van der Waals surface area contributed by atoms with E-state index in [2.05, 4.69) is 15.5 Å². The van der Waals surface area contributed by atoms with Gasteiger partial charge in [-0.05, 0) is 43.9 Å². The van der Waals surface area contributed by atoms with Crippen molar-refractivity contribution < 1.29 is 4.79 Å². The van der Waals surface area contributed by atoms with Gasteiger partial charge in [0, 0.05) is 24.8 Å². The fourth-order valence-electron chi connectivity index (χ4n) is 3.39. The van der Waals surface area contributed by atoms with Gasteiger partial charge >= 0.3 is 0 Å². The number of fused-ring (bicyclic) bond motifs is 1. The number of hydrogen-bond donors (Lipinski definition) is 2. The Kier molecular flexibility index (Phi) is 4.33. The summed E-state index contributed by atoms with van der Waals surface area (Å²) >= 11 is 0. The molecule has 2 fully saturated rings. The fraction of sp³-hybridized carbons (Fsp3) is 0.562. The van der Waals surface area contributed by atoms with Crippen LogP contribution in [0.25, 0.3) is 0 Å². The van der Waals surface area contributed by atoms with Gasteiger partial charge in [-0.3, -0.25) is 9.69 Å². The van der Waals surface area contributed by atoms with Gasteiger partial charge in [0.2, 0.25) is 5.91 Å². The van der Waals surface area contributed by atoms with E-state index in [1.54, 1.807) is 0 Å². The standard InChI is InChI=1S/C16H23N3O/c20-16(18-14-6-2-1-3-7-14)12-19-10-8-15-13(11-19)5-4-9-17-15/h1-3,6-7,13,15,17H,4-5,8-12H2,(H,18,20)/t13-,15+/m1/s1. The molecule has 20 heavy (non-hydrogen) atoms. The maximum absolute atomic E-state index is 12.1. The number of piperidine rings is 2. The summed E-state index contributed by atoms with van der Waals surface area (Å²) in [6.45, 7) is 3.75. The molecule has 1 amide bonds. The Hall–Kier alpha value is -1.39. The number of rotatable bonds is 3. The first-order valence-corrected chi connectivity index (χ1v) is 7.62. The fourth-order valence-corrected chi connectivity index (χ4v) is 3.39. The molecular formula is C16H23N3O. The molecule has 0 radical (unpaired) electrons. The van der Waals surface area contributed by atoms with Gasteiger partial charge in [-0.1, -0.05) is 18.2 Å². The maximum Gasteiger partial charge on any atom is 0.238 e. The molecule has 0 bridgehead atoms. The molecule has 2 heterocycles. The van der Waals surface area contributed by atoms with Crippen molar-refractivity contribution in [2.75, 3.05) is 31.5 Å². The van der Waals surface area contributed by atoms with Crippen molar-refractivity contribution in [3.8, 4) is 0 Å². The van der Waals surface area contributed by atoms with E-state index in [-0.39, 0.29) is 5.91 Å². The van der Waals surface area contributed by atoms with Crippen molar-refractivity contribution in [1.29, 1.82) is 0 Å².